The van der Waals surface area contributed by atoms with E-state index >= 15 is 0 Å². The Bertz CT molecular complexity index is 990. The van der Waals surface area contributed by atoms with Crippen molar-refractivity contribution >= 4 is 40.6 Å². The number of anilines is 3. The van der Waals surface area contributed by atoms with Crippen LogP contribution in [0.2, 0.25) is 5.02 Å². The second-order valence-corrected chi connectivity index (χ2v) is 8.30. The van der Waals surface area contributed by atoms with Crippen LogP contribution in [0.25, 0.3) is 0 Å². The van der Waals surface area contributed by atoms with Crippen molar-refractivity contribution in [1.82, 2.24) is 9.97 Å². The van der Waals surface area contributed by atoms with Gasteiger partial charge in [-0.1, -0.05) is 17.7 Å². The first-order valence-corrected chi connectivity index (χ1v) is 10.9. The molecule has 2 aliphatic heterocycles. The van der Waals surface area contributed by atoms with Crippen LogP contribution in [0.3, 0.4) is 0 Å². The summed E-state index contributed by atoms with van der Waals surface area (Å²) in [6.07, 6.45) is 2.52. The van der Waals surface area contributed by atoms with Crippen molar-refractivity contribution in [3.63, 3.8) is 0 Å². The highest BCUT2D eigenvalue weighted by Gasteiger charge is 2.34. The predicted octanol–water partition coefficient (Wildman–Crippen LogP) is 2.75. The topological polar surface area (TPSA) is 105 Å². The highest BCUT2D eigenvalue weighted by Crippen LogP contribution is 2.36. The number of rotatable bonds is 5. The first kappa shape index (κ1) is 22.1. The molecule has 10 nitrogen and oxygen atoms in total. The monoisotopic (exact) mass is 460 g/mol. The number of carbonyl (C=O) groups excluding carboxylic acids is 1. The molecule has 11 heteroatoms. The molecule has 0 radical (unpaired) electrons. The predicted molar refractivity (Wildman–Crippen MR) is 122 cm³/mol. The molecule has 4 rings (SSSR count). The highest BCUT2D eigenvalue weighted by atomic mass is 35.5. The molecule has 0 bridgehead atoms. The third-order valence-corrected chi connectivity index (χ3v) is 6.28. The maximum absolute atomic E-state index is 12.0. The minimum atomic E-state index is -0.402. The number of nitro groups is 1. The van der Waals surface area contributed by atoms with E-state index in [1.165, 1.54) is 13.4 Å². The van der Waals surface area contributed by atoms with Gasteiger partial charge in [0.1, 0.15) is 6.33 Å². The van der Waals surface area contributed by atoms with E-state index in [4.69, 9.17) is 16.3 Å². The zero-order valence-electron chi connectivity index (χ0n) is 17.8. The number of nitrogens with zero attached hydrogens (tertiary/aromatic N) is 6. The molecule has 3 heterocycles. The molecule has 0 atom stereocenters. The van der Waals surface area contributed by atoms with Gasteiger partial charge in [-0.2, -0.15) is 0 Å². The van der Waals surface area contributed by atoms with Crippen LogP contribution in [0, 0.1) is 16.0 Å². The second-order valence-electron chi connectivity index (χ2n) is 7.87. The molecule has 2 fully saturated rings. The SMILES string of the molecule is COC(=O)C1CCN(c2ncnc(N3CCN(c4cccc(Cl)c4)CC3)c2[N+](=O)[O-])CC1. The van der Waals surface area contributed by atoms with Crippen LogP contribution in [0.15, 0.2) is 30.6 Å². The van der Waals surface area contributed by atoms with Gasteiger partial charge in [-0.3, -0.25) is 14.9 Å². The van der Waals surface area contributed by atoms with Gasteiger partial charge in [-0.25, -0.2) is 9.97 Å². The Morgan fingerprint density at radius 2 is 1.66 bits per heavy atom. The molecule has 170 valence electrons. The Morgan fingerprint density at radius 1 is 1.06 bits per heavy atom. The Balaban J connectivity index is 1.51. The van der Waals surface area contributed by atoms with Gasteiger partial charge in [-0.05, 0) is 31.0 Å². The quantitative estimate of drug-likeness (QED) is 0.378. The van der Waals surface area contributed by atoms with E-state index in [0.29, 0.717) is 68.8 Å². The zero-order valence-corrected chi connectivity index (χ0v) is 18.6. The summed E-state index contributed by atoms with van der Waals surface area (Å²) >= 11 is 6.11. The molecule has 0 saturated carbocycles. The normalized spacial score (nSPS) is 17.4. The highest BCUT2D eigenvalue weighted by molar-refractivity contribution is 6.30. The Kier molecular flexibility index (Phi) is 6.59. The van der Waals surface area contributed by atoms with Gasteiger partial charge in [0.15, 0.2) is 0 Å². The summed E-state index contributed by atoms with van der Waals surface area (Å²) in [5, 5.41) is 12.7. The lowest BCUT2D eigenvalue weighted by molar-refractivity contribution is -0.383. The molecule has 0 N–H and O–H groups in total. The number of hydrogen-bond donors (Lipinski definition) is 0. The van der Waals surface area contributed by atoms with Crippen molar-refractivity contribution in [3.05, 3.63) is 45.7 Å². The van der Waals surface area contributed by atoms with E-state index in [1.807, 2.05) is 34.1 Å². The van der Waals surface area contributed by atoms with Gasteiger partial charge in [0.05, 0.1) is 18.0 Å². The lowest BCUT2D eigenvalue weighted by Crippen LogP contribution is -2.47. The summed E-state index contributed by atoms with van der Waals surface area (Å²) in [6.45, 7) is 3.57. The summed E-state index contributed by atoms with van der Waals surface area (Å²) in [5.41, 5.74) is 0.948. The fourth-order valence-electron chi connectivity index (χ4n) is 4.33. The Labute approximate surface area is 190 Å². The molecule has 2 aliphatic rings. The molecule has 32 heavy (non-hydrogen) atoms. The maximum atomic E-state index is 12.0. The summed E-state index contributed by atoms with van der Waals surface area (Å²) in [5.74, 6) is 0.220. The molecule has 1 aromatic carbocycles. The lowest BCUT2D eigenvalue weighted by atomic mass is 9.97. The smallest absolute Gasteiger partial charge is 0.353 e. The number of benzene rings is 1. The van der Waals surface area contributed by atoms with Crippen molar-refractivity contribution in [2.75, 3.05) is 61.1 Å². The van der Waals surface area contributed by atoms with E-state index in [-0.39, 0.29) is 17.6 Å². The summed E-state index contributed by atoms with van der Waals surface area (Å²) in [4.78, 5) is 38.0. The summed E-state index contributed by atoms with van der Waals surface area (Å²) < 4.78 is 4.83. The minimum absolute atomic E-state index is 0.0831. The van der Waals surface area contributed by atoms with Gasteiger partial charge in [0.25, 0.3) is 0 Å². The van der Waals surface area contributed by atoms with Crippen LogP contribution >= 0.6 is 11.6 Å². The number of methoxy groups -OCH3 is 1. The van der Waals surface area contributed by atoms with Crippen molar-refractivity contribution in [1.29, 1.82) is 0 Å². The fraction of sp³-hybridized carbons (Fsp3) is 0.476. The van der Waals surface area contributed by atoms with Crippen molar-refractivity contribution in [3.8, 4) is 0 Å². The molecule has 2 saturated heterocycles. The number of piperidine rings is 1. The molecule has 0 amide bonds. The minimum Gasteiger partial charge on any atom is -0.469 e. The van der Waals surface area contributed by atoms with E-state index in [9.17, 15) is 14.9 Å². The first-order chi connectivity index (χ1) is 15.5. The summed E-state index contributed by atoms with van der Waals surface area (Å²) in [7, 11) is 1.38. The zero-order chi connectivity index (χ0) is 22.7. The molecule has 2 aromatic rings. The van der Waals surface area contributed by atoms with Crippen LogP contribution < -0.4 is 14.7 Å². The number of ether oxygens (including phenoxy) is 1. The van der Waals surface area contributed by atoms with E-state index < -0.39 is 4.92 Å². The molecular formula is C21H25ClN6O4. The van der Waals surface area contributed by atoms with E-state index in [2.05, 4.69) is 14.9 Å². The van der Waals surface area contributed by atoms with Crippen molar-refractivity contribution < 1.29 is 14.5 Å². The number of esters is 1. The molecule has 0 unspecified atom stereocenters. The van der Waals surface area contributed by atoms with Gasteiger partial charge < -0.3 is 19.4 Å². The van der Waals surface area contributed by atoms with Gasteiger partial charge in [-0.15, -0.1) is 0 Å². The number of piperazine rings is 1. The average Bonchev–Trinajstić information content (AvgIpc) is 2.83. The van der Waals surface area contributed by atoms with Crippen LogP contribution in [0.1, 0.15) is 12.8 Å². The second kappa shape index (κ2) is 9.56. The van der Waals surface area contributed by atoms with Crippen molar-refractivity contribution in [2.45, 2.75) is 12.8 Å². The van der Waals surface area contributed by atoms with Gasteiger partial charge in [0, 0.05) is 50.0 Å². The number of halogens is 1. The van der Waals surface area contributed by atoms with E-state index in [0.717, 1.165) is 5.69 Å². The van der Waals surface area contributed by atoms with Crippen LogP contribution in [-0.2, 0) is 9.53 Å². The average molecular weight is 461 g/mol. The fourth-order valence-corrected chi connectivity index (χ4v) is 4.51. The van der Waals surface area contributed by atoms with Crippen LogP contribution in [0.4, 0.5) is 23.0 Å². The van der Waals surface area contributed by atoms with Crippen LogP contribution in [-0.4, -0.2) is 67.2 Å². The third kappa shape index (κ3) is 4.55. The van der Waals surface area contributed by atoms with Crippen molar-refractivity contribution in [2.24, 2.45) is 5.92 Å². The van der Waals surface area contributed by atoms with Crippen LogP contribution in [0.5, 0.6) is 0 Å². The maximum Gasteiger partial charge on any atom is 0.353 e. The number of hydrogen-bond acceptors (Lipinski definition) is 9. The van der Waals surface area contributed by atoms with Gasteiger partial charge in [0.2, 0.25) is 11.6 Å². The molecular weight excluding hydrogens is 436 g/mol. The van der Waals surface area contributed by atoms with Gasteiger partial charge >= 0.3 is 11.7 Å². The third-order valence-electron chi connectivity index (χ3n) is 6.05. The molecule has 0 aliphatic carbocycles. The first-order valence-electron chi connectivity index (χ1n) is 10.6. The molecule has 0 spiro atoms. The van der Waals surface area contributed by atoms with E-state index in [1.54, 1.807) is 0 Å². The Hall–Kier alpha value is -3.14. The number of carbonyl (C=O) groups is 1. The molecule has 1 aromatic heterocycles. The standard InChI is InChI=1S/C21H25ClN6O4/c1-32-21(29)15-5-7-26(8-6-15)19-18(28(30)31)20(24-14-23-19)27-11-9-25(10-12-27)17-4-2-3-16(22)13-17/h2-4,13-15H,5-12H2,1H3. The summed E-state index contributed by atoms with van der Waals surface area (Å²) in [6, 6.07) is 7.67. The Morgan fingerprint density at radius 3 is 2.22 bits per heavy atom. The lowest BCUT2D eigenvalue weighted by Gasteiger charge is -2.37. The largest absolute Gasteiger partial charge is 0.469 e. The number of aromatic nitrogens is 2.